The summed E-state index contributed by atoms with van der Waals surface area (Å²) in [6.07, 6.45) is 10.7. The van der Waals surface area contributed by atoms with Gasteiger partial charge in [-0.25, -0.2) is 0 Å². The Bertz CT molecular complexity index is 615. The highest BCUT2D eigenvalue weighted by Crippen LogP contribution is 2.65. The van der Waals surface area contributed by atoms with E-state index >= 15 is 0 Å². The minimum Gasteiger partial charge on any atom is -0.300 e. The van der Waals surface area contributed by atoms with Gasteiger partial charge in [-0.1, -0.05) is 32.6 Å². The summed E-state index contributed by atoms with van der Waals surface area (Å²) in [6, 6.07) is 0. The minimum atomic E-state index is 0.00240. The first-order valence-corrected chi connectivity index (χ1v) is 9.27. The molecule has 0 radical (unpaired) electrons. The van der Waals surface area contributed by atoms with E-state index in [0.29, 0.717) is 48.6 Å². The SMILES string of the molecule is C=CC1=CCC2C3CC(=O)C4CC(=O)CC[C@]4(C)C3CC[C@]12C. The molecule has 4 aliphatic carbocycles. The second-order valence-corrected chi connectivity index (χ2v) is 8.90. The van der Waals surface area contributed by atoms with Crippen LogP contribution in [0.5, 0.6) is 0 Å². The number of rotatable bonds is 1. The fourth-order valence-corrected chi connectivity index (χ4v) is 6.75. The predicted molar refractivity (Wildman–Crippen MR) is 90.8 cm³/mol. The van der Waals surface area contributed by atoms with Crippen molar-refractivity contribution in [2.24, 2.45) is 34.5 Å². The van der Waals surface area contributed by atoms with Crippen molar-refractivity contribution in [1.29, 1.82) is 0 Å². The molecule has 6 atom stereocenters. The number of Topliss-reactive ketones (excluding diaryl/α,β-unsaturated/α-hetero) is 2. The fraction of sp³-hybridized carbons (Fsp3) is 0.714. The Hall–Kier alpha value is -1.18. The van der Waals surface area contributed by atoms with E-state index in [1.165, 1.54) is 18.4 Å². The number of fused-ring (bicyclic) bond motifs is 5. The normalized spacial score (nSPS) is 49.0. The van der Waals surface area contributed by atoms with Crippen LogP contribution in [-0.2, 0) is 9.59 Å². The van der Waals surface area contributed by atoms with Crippen molar-refractivity contribution in [3.63, 3.8) is 0 Å². The van der Waals surface area contributed by atoms with Gasteiger partial charge in [-0.3, -0.25) is 9.59 Å². The number of ketones is 2. The Labute approximate surface area is 139 Å². The average Bonchev–Trinajstić information content (AvgIpc) is 2.86. The maximum absolute atomic E-state index is 12.9. The molecule has 3 saturated carbocycles. The Morgan fingerprint density at radius 1 is 1.17 bits per heavy atom. The lowest BCUT2D eigenvalue weighted by Gasteiger charge is -2.59. The molecular formula is C21H28O2. The van der Waals surface area contributed by atoms with Crippen LogP contribution in [0.3, 0.4) is 0 Å². The van der Waals surface area contributed by atoms with Crippen LogP contribution in [0.4, 0.5) is 0 Å². The monoisotopic (exact) mass is 312 g/mol. The zero-order valence-corrected chi connectivity index (χ0v) is 14.4. The molecule has 0 N–H and O–H groups in total. The van der Waals surface area contributed by atoms with Gasteiger partial charge in [-0.05, 0) is 59.8 Å². The number of allylic oxidation sites excluding steroid dienone is 3. The van der Waals surface area contributed by atoms with Crippen molar-refractivity contribution in [3.05, 3.63) is 24.3 Å². The molecule has 4 unspecified atom stereocenters. The van der Waals surface area contributed by atoms with Crippen molar-refractivity contribution < 1.29 is 9.59 Å². The molecule has 4 rings (SSSR count). The minimum absolute atomic E-state index is 0.00240. The largest absolute Gasteiger partial charge is 0.300 e. The Balaban J connectivity index is 1.69. The van der Waals surface area contributed by atoms with Gasteiger partial charge in [-0.15, -0.1) is 0 Å². The van der Waals surface area contributed by atoms with Crippen LogP contribution < -0.4 is 0 Å². The third-order valence-corrected chi connectivity index (χ3v) is 8.14. The number of carbonyl (C=O) groups is 2. The third-order valence-electron chi connectivity index (χ3n) is 8.14. The van der Waals surface area contributed by atoms with E-state index in [2.05, 4.69) is 26.5 Å². The lowest BCUT2D eigenvalue weighted by atomic mass is 9.44. The summed E-state index contributed by atoms with van der Waals surface area (Å²) in [6.45, 7) is 8.72. The molecule has 0 aromatic rings. The van der Waals surface area contributed by atoms with E-state index in [1.54, 1.807) is 0 Å². The third kappa shape index (κ3) is 1.93. The van der Waals surface area contributed by atoms with Crippen molar-refractivity contribution in [3.8, 4) is 0 Å². The molecule has 0 aromatic carbocycles. The van der Waals surface area contributed by atoms with Gasteiger partial charge in [0.25, 0.3) is 0 Å². The molecule has 3 fully saturated rings. The van der Waals surface area contributed by atoms with Crippen molar-refractivity contribution >= 4 is 11.6 Å². The van der Waals surface area contributed by atoms with Crippen molar-refractivity contribution in [2.45, 2.75) is 58.8 Å². The van der Waals surface area contributed by atoms with E-state index in [-0.39, 0.29) is 16.7 Å². The zero-order valence-electron chi connectivity index (χ0n) is 14.4. The molecule has 124 valence electrons. The van der Waals surface area contributed by atoms with Gasteiger partial charge in [0.2, 0.25) is 0 Å². The second-order valence-electron chi connectivity index (χ2n) is 8.90. The number of carbonyl (C=O) groups excluding carboxylic acids is 2. The van der Waals surface area contributed by atoms with Crippen LogP contribution in [0.1, 0.15) is 58.8 Å². The van der Waals surface area contributed by atoms with Gasteiger partial charge in [0, 0.05) is 25.2 Å². The highest BCUT2D eigenvalue weighted by Gasteiger charge is 2.60. The van der Waals surface area contributed by atoms with Crippen LogP contribution in [0.15, 0.2) is 24.3 Å². The highest BCUT2D eigenvalue weighted by molar-refractivity contribution is 5.90. The molecule has 0 aliphatic heterocycles. The van der Waals surface area contributed by atoms with E-state index in [0.717, 1.165) is 12.8 Å². The lowest BCUT2D eigenvalue weighted by Crippen LogP contribution is -2.56. The molecule has 0 spiro atoms. The average molecular weight is 312 g/mol. The smallest absolute Gasteiger partial charge is 0.137 e. The van der Waals surface area contributed by atoms with E-state index in [4.69, 9.17) is 0 Å². The number of hydrogen-bond acceptors (Lipinski definition) is 2. The quantitative estimate of drug-likeness (QED) is 0.714. The predicted octanol–water partition coefficient (Wildman–Crippen LogP) is 4.50. The first-order valence-electron chi connectivity index (χ1n) is 9.27. The van der Waals surface area contributed by atoms with Gasteiger partial charge < -0.3 is 0 Å². The van der Waals surface area contributed by atoms with Crippen molar-refractivity contribution in [1.82, 2.24) is 0 Å². The van der Waals surface area contributed by atoms with Crippen LogP contribution in [-0.4, -0.2) is 11.6 Å². The van der Waals surface area contributed by atoms with Crippen LogP contribution in [0.25, 0.3) is 0 Å². The van der Waals surface area contributed by atoms with Gasteiger partial charge >= 0.3 is 0 Å². The molecule has 2 heteroatoms. The van der Waals surface area contributed by atoms with Crippen LogP contribution >= 0.6 is 0 Å². The molecule has 0 amide bonds. The molecule has 0 saturated heterocycles. The van der Waals surface area contributed by atoms with Crippen LogP contribution in [0, 0.1) is 34.5 Å². The first kappa shape index (κ1) is 15.4. The summed E-state index contributed by atoms with van der Waals surface area (Å²) in [5, 5.41) is 0. The summed E-state index contributed by atoms with van der Waals surface area (Å²) in [4.78, 5) is 24.8. The number of hydrogen-bond donors (Lipinski definition) is 0. The summed E-state index contributed by atoms with van der Waals surface area (Å²) in [5.74, 6) is 2.39. The summed E-state index contributed by atoms with van der Waals surface area (Å²) in [7, 11) is 0. The van der Waals surface area contributed by atoms with E-state index in [1.807, 2.05) is 6.08 Å². The first-order chi connectivity index (χ1) is 10.9. The molecular weight excluding hydrogens is 284 g/mol. The topological polar surface area (TPSA) is 34.1 Å². The van der Waals surface area contributed by atoms with Gasteiger partial charge in [0.15, 0.2) is 0 Å². The van der Waals surface area contributed by atoms with Gasteiger partial charge in [0.05, 0.1) is 0 Å². The molecule has 2 nitrogen and oxygen atoms in total. The Morgan fingerprint density at radius 2 is 1.96 bits per heavy atom. The molecule has 0 aromatic heterocycles. The zero-order chi connectivity index (χ0) is 16.4. The van der Waals surface area contributed by atoms with Gasteiger partial charge in [0.1, 0.15) is 11.6 Å². The highest BCUT2D eigenvalue weighted by atomic mass is 16.1. The molecule has 0 bridgehead atoms. The molecule has 4 aliphatic rings. The maximum atomic E-state index is 12.9. The van der Waals surface area contributed by atoms with Gasteiger partial charge in [-0.2, -0.15) is 0 Å². The standard InChI is InChI=1S/C21H28O2/c1-4-13-5-6-16-15-12-19(23)18-11-14(22)7-9-21(18,3)17(15)8-10-20(13,16)2/h4-5,15-18H,1,6-12H2,2-3H3/t15?,16?,17?,18?,20-,21-/m1/s1. The maximum Gasteiger partial charge on any atom is 0.137 e. The molecule has 23 heavy (non-hydrogen) atoms. The van der Waals surface area contributed by atoms with E-state index < -0.39 is 0 Å². The Morgan fingerprint density at radius 3 is 2.70 bits per heavy atom. The summed E-state index contributed by atoms with van der Waals surface area (Å²) < 4.78 is 0. The summed E-state index contributed by atoms with van der Waals surface area (Å²) >= 11 is 0. The summed E-state index contributed by atoms with van der Waals surface area (Å²) in [5.41, 5.74) is 1.68. The lowest BCUT2D eigenvalue weighted by molar-refractivity contribution is -0.156. The molecule has 0 heterocycles. The fourth-order valence-electron chi connectivity index (χ4n) is 6.75. The Kier molecular flexibility index (Phi) is 3.28. The van der Waals surface area contributed by atoms with Crippen molar-refractivity contribution in [2.75, 3.05) is 0 Å². The van der Waals surface area contributed by atoms with Crippen LogP contribution in [0.2, 0.25) is 0 Å². The van der Waals surface area contributed by atoms with E-state index in [9.17, 15) is 9.59 Å². The second kappa shape index (κ2) is 4.91.